The van der Waals surface area contributed by atoms with Crippen molar-refractivity contribution in [1.29, 1.82) is 0 Å². The van der Waals surface area contributed by atoms with Gasteiger partial charge in [-0.25, -0.2) is 24.9 Å². The van der Waals surface area contributed by atoms with E-state index in [9.17, 15) is 4.79 Å². The Kier molecular flexibility index (Phi) is 6.11. The Morgan fingerprint density at radius 2 is 2.00 bits per heavy atom. The van der Waals surface area contributed by atoms with E-state index in [1.54, 1.807) is 12.4 Å². The predicted molar refractivity (Wildman–Crippen MR) is 119 cm³/mol. The first-order valence-corrected chi connectivity index (χ1v) is 11.1. The number of rotatable bonds is 6. The first-order chi connectivity index (χ1) is 15.0. The fourth-order valence-electron chi connectivity index (χ4n) is 4.18. The summed E-state index contributed by atoms with van der Waals surface area (Å²) < 4.78 is 2.02. The van der Waals surface area contributed by atoms with E-state index in [4.69, 9.17) is 4.98 Å². The molecule has 0 bridgehead atoms. The van der Waals surface area contributed by atoms with Gasteiger partial charge in [-0.05, 0) is 39.0 Å². The number of piperidine rings is 1. The number of carbonyl (C=O) groups is 1. The van der Waals surface area contributed by atoms with Crippen molar-refractivity contribution in [3.8, 4) is 11.4 Å². The SMILES string of the molecule is CCC(Nc1ncnc2c1nc(-c1cnc(C)nc1)n2CC)C(=O)N1CCCC(C)C1. The maximum Gasteiger partial charge on any atom is 0.245 e. The van der Waals surface area contributed by atoms with Gasteiger partial charge in [-0.2, -0.15) is 0 Å². The Morgan fingerprint density at radius 1 is 1.23 bits per heavy atom. The molecule has 0 saturated carbocycles. The molecule has 1 aliphatic rings. The van der Waals surface area contributed by atoms with Crippen LogP contribution in [0.1, 0.15) is 45.9 Å². The maximum absolute atomic E-state index is 13.2. The third-order valence-electron chi connectivity index (χ3n) is 5.87. The Bertz CT molecular complexity index is 1060. The first-order valence-electron chi connectivity index (χ1n) is 11.1. The Morgan fingerprint density at radius 3 is 2.68 bits per heavy atom. The largest absolute Gasteiger partial charge is 0.356 e. The summed E-state index contributed by atoms with van der Waals surface area (Å²) in [7, 11) is 0. The molecule has 3 aromatic rings. The van der Waals surface area contributed by atoms with Crippen molar-refractivity contribution in [1.82, 2.24) is 34.4 Å². The molecule has 9 nitrogen and oxygen atoms in total. The van der Waals surface area contributed by atoms with Crippen LogP contribution in [0.5, 0.6) is 0 Å². The summed E-state index contributed by atoms with van der Waals surface area (Å²) in [5.74, 6) is 2.70. The lowest BCUT2D eigenvalue weighted by atomic mass is 9.99. The number of hydrogen-bond acceptors (Lipinski definition) is 7. The summed E-state index contributed by atoms with van der Waals surface area (Å²) in [6.07, 6.45) is 7.97. The van der Waals surface area contributed by atoms with Gasteiger partial charge in [-0.15, -0.1) is 0 Å². The van der Waals surface area contributed by atoms with Gasteiger partial charge in [0.1, 0.15) is 24.0 Å². The number of amides is 1. The van der Waals surface area contributed by atoms with E-state index in [1.807, 2.05) is 30.2 Å². The molecular weight excluding hydrogens is 392 g/mol. The first kappa shape index (κ1) is 21.1. The molecule has 31 heavy (non-hydrogen) atoms. The van der Waals surface area contributed by atoms with E-state index in [-0.39, 0.29) is 11.9 Å². The topological polar surface area (TPSA) is 102 Å². The van der Waals surface area contributed by atoms with Gasteiger partial charge in [-0.3, -0.25) is 4.79 Å². The quantitative estimate of drug-likeness (QED) is 0.651. The second-order valence-electron chi connectivity index (χ2n) is 8.23. The summed E-state index contributed by atoms with van der Waals surface area (Å²) in [5.41, 5.74) is 2.20. The van der Waals surface area contributed by atoms with Gasteiger partial charge in [0.15, 0.2) is 17.0 Å². The van der Waals surface area contributed by atoms with Crippen molar-refractivity contribution in [2.45, 2.75) is 59.5 Å². The molecule has 2 unspecified atom stereocenters. The van der Waals surface area contributed by atoms with Crippen LogP contribution < -0.4 is 5.32 Å². The van der Waals surface area contributed by atoms with Crippen molar-refractivity contribution < 1.29 is 4.79 Å². The number of aryl methyl sites for hydroxylation is 2. The van der Waals surface area contributed by atoms with Gasteiger partial charge in [-0.1, -0.05) is 13.8 Å². The molecule has 1 N–H and O–H groups in total. The van der Waals surface area contributed by atoms with Gasteiger partial charge in [0, 0.05) is 32.0 Å². The van der Waals surface area contributed by atoms with Crippen molar-refractivity contribution in [3.63, 3.8) is 0 Å². The number of fused-ring (bicyclic) bond motifs is 1. The summed E-state index contributed by atoms with van der Waals surface area (Å²) in [5, 5.41) is 3.36. The number of likely N-dealkylation sites (tertiary alicyclic amines) is 1. The molecule has 1 saturated heterocycles. The third kappa shape index (κ3) is 4.22. The highest BCUT2D eigenvalue weighted by molar-refractivity contribution is 5.90. The average Bonchev–Trinajstić information content (AvgIpc) is 3.17. The summed E-state index contributed by atoms with van der Waals surface area (Å²) in [6, 6.07) is -0.346. The van der Waals surface area contributed by atoms with E-state index < -0.39 is 0 Å². The van der Waals surface area contributed by atoms with Crippen LogP contribution >= 0.6 is 0 Å². The number of imidazole rings is 1. The van der Waals surface area contributed by atoms with Gasteiger partial charge in [0.25, 0.3) is 0 Å². The van der Waals surface area contributed by atoms with E-state index in [1.165, 1.54) is 12.7 Å². The zero-order valence-electron chi connectivity index (χ0n) is 18.7. The molecule has 1 aliphatic heterocycles. The lowest BCUT2D eigenvalue weighted by Crippen LogP contribution is -2.47. The van der Waals surface area contributed by atoms with Crippen LogP contribution in [0.25, 0.3) is 22.6 Å². The Labute approximate surface area is 182 Å². The van der Waals surface area contributed by atoms with Crippen LogP contribution in [0.2, 0.25) is 0 Å². The van der Waals surface area contributed by atoms with Crippen molar-refractivity contribution in [3.05, 3.63) is 24.5 Å². The van der Waals surface area contributed by atoms with Gasteiger partial charge < -0.3 is 14.8 Å². The Balaban J connectivity index is 1.67. The van der Waals surface area contributed by atoms with Crippen LogP contribution in [-0.2, 0) is 11.3 Å². The van der Waals surface area contributed by atoms with E-state index in [2.05, 4.69) is 32.2 Å². The maximum atomic E-state index is 13.2. The van der Waals surface area contributed by atoms with Crippen LogP contribution in [0, 0.1) is 12.8 Å². The molecule has 4 rings (SSSR count). The number of carbonyl (C=O) groups excluding carboxylic acids is 1. The van der Waals surface area contributed by atoms with Crippen molar-refractivity contribution >= 4 is 22.9 Å². The van der Waals surface area contributed by atoms with Crippen LogP contribution in [0.3, 0.4) is 0 Å². The highest BCUT2D eigenvalue weighted by Crippen LogP contribution is 2.27. The molecule has 3 aromatic heterocycles. The molecule has 9 heteroatoms. The minimum absolute atomic E-state index is 0.128. The molecule has 1 fully saturated rings. The number of nitrogens with one attached hydrogen (secondary N) is 1. The van der Waals surface area contributed by atoms with E-state index in [0.717, 1.165) is 36.5 Å². The molecule has 0 aromatic carbocycles. The number of nitrogens with zero attached hydrogens (tertiary/aromatic N) is 7. The number of hydrogen-bond donors (Lipinski definition) is 1. The average molecular weight is 423 g/mol. The van der Waals surface area contributed by atoms with Crippen LogP contribution in [0.4, 0.5) is 5.82 Å². The lowest BCUT2D eigenvalue weighted by molar-refractivity contribution is -0.133. The molecule has 0 spiro atoms. The standard InChI is InChI=1S/C22H30N8O/c1-5-17(22(31)29-9-7-8-14(3)12-29)27-19-18-21(26-13-25-19)30(6-2)20(28-18)16-10-23-15(4)24-11-16/h10-11,13-14,17H,5-9,12H2,1-4H3,(H,25,26,27). The zero-order chi connectivity index (χ0) is 22.0. The number of aromatic nitrogens is 6. The van der Waals surface area contributed by atoms with Crippen LogP contribution in [0.15, 0.2) is 18.7 Å². The molecule has 1 amide bonds. The normalized spacial score (nSPS) is 17.7. The molecule has 2 atom stereocenters. The second kappa shape index (κ2) is 8.95. The second-order valence-corrected chi connectivity index (χ2v) is 8.23. The van der Waals surface area contributed by atoms with Crippen molar-refractivity contribution in [2.75, 3.05) is 18.4 Å². The van der Waals surface area contributed by atoms with Gasteiger partial charge in [0.05, 0.1) is 5.56 Å². The summed E-state index contributed by atoms with van der Waals surface area (Å²) in [4.78, 5) is 37.5. The minimum Gasteiger partial charge on any atom is -0.356 e. The highest BCUT2D eigenvalue weighted by Gasteiger charge is 2.28. The van der Waals surface area contributed by atoms with Gasteiger partial charge >= 0.3 is 0 Å². The molecule has 4 heterocycles. The lowest BCUT2D eigenvalue weighted by Gasteiger charge is -2.33. The molecule has 0 radical (unpaired) electrons. The third-order valence-corrected chi connectivity index (χ3v) is 5.87. The molecular formula is C22H30N8O. The summed E-state index contributed by atoms with van der Waals surface area (Å²) in [6.45, 7) is 10.4. The minimum atomic E-state index is -0.346. The monoisotopic (exact) mass is 422 g/mol. The van der Waals surface area contributed by atoms with E-state index in [0.29, 0.717) is 36.0 Å². The van der Waals surface area contributed by atoms with E-state index >= 15 is 0 Å². The smallest absolute Gasteiger partial charge is 0.245 e. The molecule has 164 valence electrons. The zero-order valence-corrected chi connectivity index (χ0v) is 18.7. The number of anilines is 1. The predicted octanol–water partition coefficient (Wildman–Crippen LogP) is 3.06. The fraction of sp³-hybridized carbons (Fsp3) is 0.545. The highest BCUT2D eigenvalue weighted by atomic mass is 16.2. The fourth-order valence-corrected chi connectivity index (χ4v) is 4.18. The molecule has 0 aliphatic carbocycles. The summed E-state index contributed by atoms with van der Waals surface area (Å²) >= 11 is 0. The van der Waals surface area contributed by atoms with Crippen LogP contribution in [-0.4, -0.2) is 59.4 Å². The Hall–Kier alpha value is -3.10. The van der Waals surface area contributed by atoms with Crippen molar-refractivity contribution in [2.24, 2.45) is 5.92 Å². The van der Waals surface area contributed by atoms with Gasteiger partial charge in [0.2, 0.25) is 5.91 Å².